The van der Waals surface area contributed by atoms with Gasteiger partial charge in [-0.15, -0.1) is 0 Å². The van der Waals surface area contributed by atoms with Gasteiger partial charge in [0.25, 0.3) is 0 Å². The highest BCUT2D eigenvalue weighted by Gasteiger charge is 2.31. The van der Waals surface area contributed by atoms with Crippen LogP contribution >= 0.6 is 0 Å². The summed E-state index contributed by atoms with van der Waals surface area (Å²) in [5.74, 6) is 1.16. The first-order valence-corrected chi connectivity index (χ1v) is 5.39. The van der Waals surface area contributed by atoms with E-state index in [4.69, 9.17) is 4.74 Å². The van der Waals surface area contributed by atoms with Crippen molar-refractivity contribution in [2.75, 3.05) is 6.61 Å². The molecule has 2 heterocycles. The Morgan fingerprint density at radius 1 is 1.60 bits per heavy atom. The second kappa shape index (κ2) is 3.81. The molecule has 1 saturated heterocycles. The third kappa shape index (κ3) is 1.71. The average Bonchev–Trinajstić information content (AvgIpc) is 2.71. The van der Waals surface area contributed by atoms with Crippen molar-refractivity contribution >= 4 is 0 Å². The maximum atomic E-state index is 11.5. The Labute approximate surface area is 88.4 Å². The molecule has 15 heavy (non-hydrogen) atoms. The Balaban J connectivity index is 2.39. The Morgan fingerprint density at radius 3 is 2.87 bits per heavy atom. The Kier molecular flexibility index (Phi) is 2.65. The number of aromatic nitrogens is 3. The second-order valence-corrected chi connectivity index (χ2v) is 4.41. The summed E-state index contributed by atoms with van der Waals surface area (Å²) >= 11 is 0. The molecule has 1 aliphatic rings. The van der Waals surface area contributed by atoms with Crippen LogP contribution in [0, 0.1) is 5.92 Å². The number of H-pyrrole nitrogens is 1. The van der Waals surface area contributed by atoms with Crippen LogP contribution in [0.1, 0.15) is 45.2 Å². The predicted molar refractivity (Wildman–Crippen MR) is 55.7 cm³/mol. The first-order chi connectivity index (χ1) is 7.11. The standard InChI is InChI=1S/C10H17N3O2/c1-6(2)13-9(11-12-10(13)14)8-7(3)4-5-15-8/h6-8H,4-5H2,1-3H3,(H,12,14)/t7-,8-/m0/s1. The van der Waals surface area contributed by atoms with Crippen molar-refractivity contribution < 1.29 is 4.74 Å². The quantitative estimate of drug-likeness (QED) is 0.800. The van der Waals surface area contributed by atoms with Crippen LogP contribution in [0.5, 0.6) is 0 Å². The molecule has 1 aliphatic heterocycles. The minimum atomic E-state index is -0.150. The lowest BCUT2D eigenvalue weighted by atomic mass is 10.0. The molecule has 0 bridgehead atoms. The SMILES string of the molecule is CC(C)n1c([C@H]2OCC[C@@H]2C)n[nH]c1=O. The Hall–Kier alpha value is -1.10. The summed E-state index contributed by atoms with van der Waals surface area (Å²) in [4.78, 5) is 11.5. The highest BCUT2D eigenvalue weighted by molar-refractivity contribution is 4.97. The molecule has 0 spiro atoms. The van der Waals surface area contributed by atoms with Crippen LogP contribution in [0.4, 0.5) is 0 Å². The minimum Gasteiger partial charge on any atom is -0.370 e. The Bertz CT molecular complexity index is 394. The molecular weight excluding hydrogens is 194 g/mol. The lowest BCUT2D eigenvalue weighted by Crippen LogP contribution is -2.23. The molecule has 1 N–H and O–H groups in total. The molecule has 0 unspecified atom stereocenters. The molecule has 5 heteroatoms. The topological polar surface area (TPSA) is 59.9 Å². The predicted octanol–water partition coefficient (Wildman–Crippen LogP) is 1.25. The second-order valence-electron chi connectivity index (χ2n) is 4.41. The van der Waals surface area contributed by atoms with Crippen LogP contribution in [0.25, 0.3) is 0 Å². The van der Waals surface area contributed by atoms with Crippen LogP contribution in [0.2, 0.25) is 0 Å². The molecule has 2 rings (SSSR count). The maximum absolute atomic E-state index is 11.5. The van der Waals surface area contributed by atoms with Gasteiger partial charge >= 0.3 is 5.69 Å². The van der Waals surface area contributed by atoms with E-state index in [-0.39, 0.29) is 17.8 Å². The smallest absolute Gasteiger partial charge is 0.343 e. The largest absolute Gasteiger partial charge is 0.370 e. The first kappa shape index (κ1) is 10.4. The van der Waals surface area contributed by atoms with Gasteiger partial charge in [-0.25, -0.2) is 9.89 Å². The minimum absolute atomic E-state index is 0.0358. The molecule has 5 nitrogen and oxygen atoms in total. The fraction of sp³-hybridized carbons (Fsp3) is 0.800. The van der Waals surface area contributed by atoms with Crippen LogP contribution in [0.3, 0.4) is 0 Å². The lowest BCUT2D eigenvalue weighted by Gasteiger charge is -2.16. The average molecular weight is 211 g/mol. The monoisotopic (exact) mass is 211 g/mol. The van der Waals surface area contributed by atoms with Crippen LogP contribution in [0.15, 0.2) is 4.79 Å². The highest BCUT2D eigenvalue weighted by Crippen LogP contribution is 2.32. The number of hydrogen-bond acceptors (Lipinski definition) is 3. The normalized spacial score (nSPS) is 26.4. The van der Waals surface area contributed by atoms with Gasteiger partial charge in [-0.3, -0.25) is 4.57 Å². The van der Waals surface area contributed by atoms with Gasteiger partial charge in [0.1, 0.15) is 6.10 Å². The molecule has 1 fully saturated rings. The van der Waals surface area contributed by atoms with E-state index in [2.05, 4.69) is 17.1 Å². The van der Waals surface area contributed by atoms with E-state index >= 15 is 0 Å². The molecule has 0 aromatic carbocycles. The van der Waals surface area contributed by atoms with Gasteiger partial charge in [0.05, 0.1) is 0 Å². The summed E-state index contributed by atoms with van der Waals surface area (Å²) in [5.41, 5.74) is -0.150. The molecule has 1 aromatic heterocycles. The summed E-state index contributed by atoms with van der Waals surface area (Å²) in [6.45, 7) is 6.83. The summed E-state index contributed by atoms with van der Waals surface area (Å²) < 4.78 is 7.29. The van der Waals surface area contributed by atoms with E-state index in [1.165, 1.54) is 0 Å². The van der Waals surface area contributed by atoms with Crippen molar-refractivity contribution in [2.24, 2.45) is 5.92 Å². The van der Waals surface area contributed by atoms with Gasteiger partial charge in [0.15, 0.2) is 5.82 Å². The van der Waals surface area contributed by atoms with Gasteiger partial charge in [0.2, 0.25) is 0 Å². The molecule has 0 amide bonds. The maximum Gasteiger partial charge on any atom is 0.343 e. The highest BCUT2D eigenvalue weighted by atomic mass is 16.5. The first-order valence-electron chi connectivity index (χ1n) is 5.39. The van der Waals surface area contributed by atoms with Crippen molar-refractivity contribution in [1.29, 1.82) is 0 Å². The summed E-state index contributed by atoms with van der Waals surface area (Å²) in [7, 11) is 0. The fourth-order valence-electron chi connectivity index (χ4n) is 2.04. The zero-order chi connectivity index (χ0) is 11.0. The molecule has 0 radical (unpaired) electrons. The third-order valence-corrected chi connectivity index (χ3v) is 2.89. The number of rotatable bonds is 2. The van der Waals surface area contributed by atoms with Crippen LogP contribution < -0.4 is 5.69 Å². The van der Waals surface area contributed by atoms with Crippen molar-refractivity contribution in [3.8, 4) is 0 Å². The molecule has 84 valence electrons. The van der Waals surface area contributed by atoms with E-state index < -0.39 is 0 Å². The van der Waals surface area contributed by atoms with Crippen LogP contribution in [-0.2, 0) is 4.74 Å². The fourth-order valence-corrected chi connectivity index (χ4v) is 2.04. The summed E-state index contributed by atoms with van der Waals surface area (Å²) in [6.07, 6.45) is 0.996. The zero-order valence-electron chi connectivity index (χ0n) is 9.36. The lowest BCUT2D eigenvalue weighted by molar-refractivity contribution is 0.0828. The molecule has 2 atom stereocenters. The number of nitrogens with zero attached hydrogens (tertiary/aromatic N) is 2. The number of hydrogen-bond donors (Lipinski definition) is 1. The van der Waals surface area contributed by atoms with Gasteiger partial charge in [0, 0.05) is 12.6 Å². The van der Waals surface area contributed by atoms with E-state index in [1.54, 1.807) is 4.57 Å². The van der Waals surface area contributed by atoms with Gasteiger partial charge in [-0.1, -0.05) is 6.92 Å². The molecule has 0 saturated carbocycles. The van der Waals surface area contributed by atoms with Crippen molar-refractivity contribution in [1.82, 2.24) is 14.8 Å². The van der Waals surface area contributed by atoms with Gasteiger partial charge in [-0.2, -0.15) is 5.10 Å². The molecular formula is C10H17N3O2. The number of aromatic amines is 1. The summed E-state index contributed by atoms with van der Waals surface area (Å²) in [5, 5.41) is 6.56. The third-order valence-electron chi connectivity index (χ3n) is 2.89. The van der Waals surface area contributed by atoms with E-state index in [0.717, 1.165) is 18.9 Å². The van der Waals surface area contributed by atoms with Gasteiger partial charge < -0.3 is 4.74 Å². The van der Waals surface area contributed by atoms with Gasteiger partial charge in [-0.05, 0) is 26.2 Å². The summed E-state index contributed by atoms with van der Waals surface area (Å²) in [6, 6.07) is 0.114. The van der Waals surface area contributed by atoms with Crippen molar-refractivity contribution in [3.63, 3.8) is 0 Å². The van der Waals surface area contributed by atoms with Crippen molar-refractivity contribution in [3.05, 3.63) is 16.3 Å². The number of nitrogens with one attached hydrogen (secondary N) is 1. The van der Waals surface area contributed by atoms with E-state index in [9.17, 15) is 4.79 Å². The van der Waals surface area contributed by atoms with E-state index in [1.807, 2.05) is 13.8 Å². The molecule has 1 aromatic rings. The number of ether oxygens (including phenoxy) is 1. The van der Waals surface area contributed by atoms with Crippen molar-refractivity contribution in [2.45, 2.75) is 39.3 Å². The van der Waals surface area contributed by atoms with Crippen LogP contribution in [-0.4, -0.2) is 21.4 Å². The van der Waals surface area contributed by atoms with E-state index in [0.29, 0.717) is 5.92 Å². The Morgan fingerprint density at radius 2 is 2.33 bits per heavy atom. The molecule has 0 aliphatic carbocycles. The zero-order valence-corrected chi connectivity index (χ0v) is 9.36.